The van der Waals surface area contributed by atoms with Crippen molar-refractivity contribution in [3.05, 3.63) is 70.7 Å². The second kappa shape index (κ2) is 8.79. The van der Waals surface area contributed by atoms with E-state index in [1.165, 1.54) is 22.5 Å². The van der Waals surface area contributed by atoms with Crippen LogP contribution in [0.4, 0.5) is 5.69 Å². The van der Waals surface area contributed by atoms with E-state index in [-0.39, 0.29) is 0 Å². The van der Waals surface area contributed by atoms with Crippen molar-refractivity contribution in [3.8, 4) is 6.07 Å². The zero-order valence-corrected chi connectivity index (χ0v) is 19.6. The van der Waals surface area contributed by atoms with Crippen molar-refractivity contribution in [1.82, 2.24) is 20.5 Å². The van der Waals surface area contributed by atoms with Crippen LogP contribution >= 0.6 is 0 Å². The molecule has 4 aliphatic rings. The summed E-state index contributed by atoms with van der Waals surface area (Å²) in [5, 5.41) is 17.7. The number of anilines is 1. The van der Waals surface area contributed by atoms with E-state index in [1.54, 1.807) is 6.20 Å². The predicted octanol–water partition coefficient (Wildman–Crippen LogP) is 2.68. The molecule has 4 heterocycles. The van der Waals surface area contributed by atoms with Gasteiger partial charge in [0.05, 0.1) is 36.9 Å². The first-order valence-electron chi connectivity index (χ1n) is 12.2. The Kier molecular flexibility index (Phi) is 5.48. The van der Waals surface area contributed by atoms with Gasteiger partial charge in [-0.25, -0.2) is 0 Å². The van der Waals surface area contributed by atoms with Crippen LogP contribution in [0.1, 0.15) is 18.9 Å². The molecular formula is C27H30N6O. The van der Waals surface area contributed by atoms with E-state index in [2.05, 4.69) is 62.7 Å². The molecule has 2 aromatic rings. The number of benzene rings is 1. The number of nitriles is 1. The summed E-state index contributed by atoms with van der Waals surface area (Å²) >= 11 is 0. The molecule has 0 saturated carbocycles. The van der Waals surface area contributed by atoms with Crippen molar-refractivity contribution in [2.45, 2.75) is 25.4 Å². The van der Waals surface area contributed by atoms with Gasteiger partial charge in [0.15, 0.2) is 0 Å². The van der Waals surface area contributed by atoms with Gasteiger partial charge in [0.25, 0.3) is 0 Å². The highest BCUT2D eigenvalue weighted by molar-refractivity contribution is 5.95. The SMILES string of the molecule is C[C@@H]1CN(c2ccc(C#N)c3ncccc23)CC2=C3CC=C(N[C@@H]4CNCCOC4)C=C3CN21. The Bertz CT molecular complexity index is 1250. The summed E-state index contributed by atoms with van der Waals surface area (Å²) in [6.07, 6.45) is 7.39. The van der Waals surface area contributed by atoms with Crippen LogP contribution in [0.25, 0.3) is 10.9 Å². The standard InChI is InChI=1S/C27H30N6O/c1-18-14-32(25-7-4-19(12-28)27-24(25)3-2-8-30-27)16-26-23-6-5-21(11-20(23)15-33(18)26)31-22-13-29-9-10-34-17-22/h2-5,7-8,11,18,22,29,31H,6,9-10,13-17H2,1H3/t18-,22-/m1/s1. The van der Waals surface area contributed by atoms with Crippen molar-refractivity contribution >= 4 is 16.6 Å². The van der Waals surface area contributed by atoms with Crippen molar-refractivity contribution in [3.63, 3.8) is 0 Å². The minimum atomic E-state index is 0.302. The van der Waals surface area contributed by atoms with Crippen LogP contribution in [0.5, 0.6) is 0 Å². The van der Waals surface area contributed by atoms with Gasteiger partial charge < -0.3 is 25.2 Å². The van der Waals surface area contributed by atoms with E-state index in [4.69, 9.17) is 4.74 Å². The van der Waals surface area contributed by atoms with Crippen LogP contribution in [0, 0.1) is 11.3 Å². The molecule has 0 unspecified atom stereocenters. The molecule has 0 radical (unpaired) electrons. The predicted molar refractivity (Wildman–Crippen MR) is 133 cm³/mol. The highest BCUT2D eigenvalue weighted by Crippen LogP contribution is 2.40. The number of pyridine rings is 1. The number of hydrogen-bond acceptors (Lipinski definition) is 7. The molecule has 1 aliphatic carbocycles. The van der Waals surface area contributed by atoms with E-state index in [1.807, 2.05) is 12.1 Å². The number of nitrogens with one attached hydrogen (secondary N) is 2. The fourth-order valence-corrected chi connectivity index (χ4v) is 5.69. The third-order valence-corrected chi connectivity index (χ3v) is 7.35. The lowest BCUT2D eigenvalue weighted by Crippen LogP contribution is -2.49. The monoisotopic (exact) mass is 454 g/mol. The molecule has 2 saturated heterocycles. The number of piperazine rings is 1. The number of fused-ring (bicyclic) bond motifs is 3. The third kappa shape index (κ3) is 3.73. The zero-order valence-electron chi connectivity index (χ0n) is 19.6. The highest BCUT2D eigenvalue weighted by Gasteiger charge is 2.36. The van der Waals surface area contributed by atoms with Crippen LogP contribution in [0.2, 0.25) is 0 Å². The first kappa shape index (κ1) is 21.2. The summed E-state index contributed by atoms with van der Waals surface area (Å²) < 4.78 is 5.71. The van der Waals surface area contributed by atoms with Gasteiger partial charge in [-0.15, -0.1) is 0 Å². The van der Waals surface area contributed by atoms with Crippen LogP contribution in [0.15, 0.2) is 65.2 Å². The molecular weight excluding hydrogens is 424 g/mol. The number of ether oxygens (including phenoxy) is 1. The first-order valence-corrected chi connectivity index (χ1v) is 12.2. The van der Waals surface area contributed by atoms with Gasteiger partial charge >= 0.3 is 0 Å². The molecule has 7 nitrogen and oxygen atoms in total. The second-order valence-electron chi connectivity index (χ2n) is 9.58. The lowest BCUT2D eigenvalue weighted by atomic mass is 9.96. The number of nitrogens with zero attached hydrogens (tertiary/aromatic N) is 4. The summed E-state index contributed by atoms with van der Waals surface area (Å²) in [5.41, 5.74) is 8.12. The molecule has 0 spiro atoms. The topological polar surface area (TPSA) is 76.5 Å². The molecule has 2 fully saturated rings. The van der Waals surface area contributed by atoms with Crippen molar-refractivity contribution in [2.24, 2.45) is 0 Å². The lowest BCUT2D eigenvalue weighted by molar-refractivity contribution is 0.136. The average Bonchev–Trinajstić information content (AvgIpc) is 3.03. The van der Waals surface area contributed by atoms with Crippen LogP contribution < -0.4 is 15.5 Å². The number of allylic oxidation sites excluding steroid dienone is 2. The maximum Gasteiger partial charge on any atom is 0.101 e. The lowest BCUT2D eigenvalue weighted by Gasteiger charge is -2.42. The van der Waals surface area contributed by atoms with Gasteiger partial charge in [-0.05, 0) is 54.8 Å². The quantitative estimate of drug-likeness (QED) is 0.739. The molecule has 1 aromatic heterocycles. The van der Waals surface area contributed by atoms with Gasteiger partial charge in [0, 0.05) is 60.9 Å². The minimum Gasteiger partial charge on any atom is -0.379 e. The van der Waals surface area contributed by atoms with E-state index >= 15 is 0 Å². The number of aromatic nitrogens is 1. The minimum absolute atomic E-state index is 0.302. The smallest absolute Gasteiger partial charge is 0.101 e. The molecule has 2 N–H and O–H groups in total. The molecule has 3 aliphatic heterocycles. The van der Waals surface area contributed by atoms with Gasteiger partial charge in [-0.1, -0.05) is 6.08 Å². The van der Waals surface area contributed by atoms with Crippen LogP contribution in [-0.4, -0.2) is 67.9 Å². The largest absolute Gasteiger partial charge is 0.379 e. The Labute approximate surface area is 200 Å². The maximum absolute atomic E-state index is 9.53. The molecule has 6 rings (SSSR count). The Balaban J connectivity index is 1.27. The van der Waals surface area contributed by atoms with Crippen molar-refractivity contribution in [2.75, 3.05) is 50.8 Å². The van der Waals surface area contributed by atoms with Gasteiger partial charge in [0.2, 0.25) is 0 Å². The molecule has 174 valence electrons. The first-order chi connectivity index (χ1) is 16.7. The second-order valence-corrected chi connectivity index (χ2v) is 9.58. The fraction of sp³-hybridized carbons (Fsp3) is 0.407. The normalized spacial score (nSPS) is 24.7. The van der Waals surface area contributed by atoms with Crippen LogP contribution in [-0.2, 0) is 4.74 Å². The summed E-state index contributed by atoms with van der Waals surface area (Å²) in [6, 6.07) is 11.0. The van der Waals surface area contributed by atoms with E-state index in [0.29, 0.717) is 17.6 Å². The molecule has 1 aromatic carbocycles. The Morgan fingerprint density at radius 1 is 1.26 bits per heavy atom. The highest BCUT2D eigenvalue weighted by atomic mass is 16.5. The third-order valence-electron chi connectivity index (χ3n) is 7.35. The van der Waals surface area contributed by atoms with Crippen LogP contribution in [0.3, 0.4) is 0 Å². The number of rotatable bonds is 3. The van der Waals surface area contributed by atoms with E-state index in [9.17, 15) is 5.26 Å². The summed E-state index contributed by atoms with van der Waals surface area (Å²) in [6.45, 7) is 8.50. The molecule has 2 atom stereocenters. The molecule has 34 heavy (non-hydrogen) atoms. The number of hydrogen-bond donors (Lipinski definition) is 2. The summed E-state index contributed by atoms with van der Waals surface area (Å²) in [4.78, 5) is 9.55. The zero-order chi connectivity index (χ0) is 23.1. The fourth-order valence-electron chi connectivity index (χ4n) is 5.69. The van der Waals surface area contributed by atoms with Gasteiger partial charge in [-0.2, -0.15) is 5.26 Å². The summed E-state index contributed by atoms with van der Waals surface area (Å²) in [7, 11) is 0. The summed E-state index contributed by atoms with van der Waals surface area (Å²) in [5.74, 6) is 0. The van der Waals surface area contributed by atoms with E-state index in [0.717, 1.165) is 68.9 Å². The van der Waals surface area contributed by atoms with Crippen molar-refractivity contribution < 1.29 is 4.74 Å². The Morgan fingerprint density at radius 3 is 3.12 bits per heavy atom. The van der Waals surface area contributed by atoms with Gasteiger partial charge in [-0.3, -0.25) is 4.98 Å². The average molecular weight is 455 g/mol. The molecule has 0 bridgehead atoms. The molecule has 0 amide bonds. The van der Waals surface area contributed by atoms with Gasteiger partial charge in [0.1, 0.15) is 6.07 Å². The Morgan fingerprint density at radius 2 is 2.21 bits per heavy atom. The Hall–Kier alpha value is -3.34. The molecule has 7 heteroatoms. The van der Waals surface area contributed by atoms with E-state index < -0.39 is 0 Å². The maximum atomic E-state index is 9.53. The van der Waals surface area contributed by atoms with Crippen molar-refractivity contribution in [1.29, 1.82) is 5.26 Å².